The van der Waals surface area contributed by atoms with E-state index in [0.717, 1.165) is 43.6 Å². The molecule has 4 aromatic carbocycles. The van der Waals surface area contributed by atoms with Gasteiger partial charge in [-0.3, -0.25) is 4.98 Å². The summed E-state index contributed by atoms with van der Waals surface area (Å²) in [7, 11) is 0. The van der Waals surface area contributed by atoms with Crippen LogP contribution >= 0.6 is 0 Å². The molecular weight excluding hydrogens is 347 g/mol. The van der Waals surface area contributed by atoms with Crippen LogP contribution in [-0.2, 0) is 0 Å². The van der Waals surface area contributed by atoms with Crippen molar-refractivity contribution in [1.29, 1.82) is 5.26 Å². The number of nitriles is 1. The van der Waals surface area contributed by atoms with Crippen molar-refractivity contribution in [3.63, 3.8) is 0 Å². The minimum Gasteiger partial charge on any atom is -0.256 e. The van der Waals surface area contributed by atoms with Gasteiger partial charge in [-0.1, -0.05) is 42.5 Å². The lowest BCUT2D eigenvalue weighted by molar-refractivity contribution is 0.621. The maximum Gasteiger partial charge on any atom is 0.126 e. The molecule has 5 aromatic rings. The van der Waals surface area contributed by atoms with Gasteiger partial charge < -0.3 is 0 Å². The first-order chi connectivity index (χ1) is 13.7. The molecule has 0 aliphatic carbocycles. The summed E-state index contributed by atoms with van der Waals surface area (Å²) < 4.78 is 14.0. The van der Waals surface area contributed by atoms with Gasteiger partial charge in [0.15, 0.2) is 0 Å². The second-order valence-electron chi connectivity index (χ2n) is 6.94. The highest BCUT2D eigenvalue weighted by atomic mass is 19.1. The zero-order chi connectivity index (χ0) is 19.3. The van der Waals surface area contributed by atoms with Gasteiger partial charge in [0.1, 0.15) is 5.82 Å². The number of aryl methyl sites for hydroxylation is 1. The van der Waals surface area contributed by atoms with Crippen molar-refractivity contribution >= 4 is 32.3 Å². The van der Waals surface area contributed by atoms with E-state index >= 15 is 0 Å². The fourth-order valence-corrected chi connectivity index (χ4v) is 3.96. The van der Waals surface area contributed by atoms with Crippen molar-refractivity contribution in [2.45, 2.75) is 6.92 Å². The fraction of sp³-hybridized carbons (Fsp3) is 0.0400. The van der Waals surface area contributed by atoms with Crippen molar-refractivity contribution in [1.82, 2.24) is 4.98 Å². The third-order valence-electron chi connectivity index (χ3n) is 5.40. The van der Waals surface area contributed by atoms with E-state index in [1.165, 1.54) is 6.07 Å². The van der Waals surface area contributed by atoms with Crippen LogP contribution in [0.1, 0.15) is 11.1 Å². The third-order valence-corrected chi connectivity index (χ3v) is 5.40. The van der Waals surface area contributed by atoms with Crippen LogP contribution in [0.25, 0.3) is 43.6 Å². The summed E-state index contributed by atoms with van der Waals surface area (Å²) >= 11 is 0. The van der Waals surface area contributed by atoms with Gasteiger partial charge in [-0.25, -0.2) is 4.39 Å². The number of hydrogen-bond donors (Lipinski definition) is 0. The monoisotopic (exact) mass is 362 g/mol. The first kappa shape index (κ1) is 16.4. The average Bonchev–Trinajstić information content (AvgIpc) is 2.74. The van der Waals surface area contributed by atoms with Gasteiger partial charge in [-0.05, 0) is 63.7 Å². The van der Waals surface area contributed by atoms with Gasteiger partial charge in [0.25, 0.3) is 0 Å². The number of aromatic nitrogens is 1. The Bertz CT molecular complexity index is 1440. The summed E-state index contributed by atoms with van der Waals surface area (Å²) in [4.78, 5) is 4.62. The van der Waals surface area contributed by atoms with Crippen LogP contribution < -0.4 is 0 Å². The SMILES string of the molecule is Cc1c(F)ccc2c1ccc1c(-c3cc(C#N)c4ccccc4c3)nccc12. The van der Waals surface area contributed by atoms with Crippen molar-refractivity contribution in [3.05, 3.63) is 89.9 Å². The van der Waals surface area contributed by atoms with Gasteiger partial charge in [0.05, 0.1) is 17.3 Å². The normalized spacial score (nSPS) is 11.2. The lowest BCUT2D eigenvalue weighted by Gasteiger charge is -2.12. The van der Waals surface area contributed by atoms with Crippen LogP contribution in [0.3, 0.4) is 0 Å². The summed E-state index contributed by atoms with van der Waals surface area (Å²) in [5, 5.41) is 15.5. The Balaban J connectivity index is 1.85. The predicted octanol–water partition coefficient (Wildman–Crippen LogP) is 6.53. The first-order valence-corrected chi connectivity index (χ1v) is 9.07. The summed E-state index contributed by atoms with van der Waals surface area (Å²) in [6.45, 7) is 1.80. The van der Waals surface area contributed by atoms with Crippen LogP contribution in [0.2, 0.25) is 0 Å². The van der Waals surface area contributed by atoms with E-state index in [4.69, 9.17) is 0 Å². The van der Waals surface area contributed by atoms with E-state index in [2.05, 4.69) is 17.1 Å². The summed E-state index contributed by atoms with van der Waals surface area (Å²) in [6, 6.07) is 23.4. The van der Waals surface area contributed by atoms with E-state index in [1.54, 1.807) is 13.1 Å². The molecule has 132 valence electrons. The maximum atomic E-state index is 14.0. The number of pyridine rings is 1. The first-order valence-electron chi connectivity index (χ1n) is 9.07. The Kier molecular flexibility index (Phi) is 3.60. The lowest BCUT2D eigenvalue weighted by Crippen LogP contribution is -1.91. The minimum absolute atomic E-state index is 0.200. The molecule has 0 unspecified atom stereocenters. The highest BCUT2D eigenvalue weighted by Crippen LogP contribution is 2.35. The van der Waals surface area contributed by atoms with Crippen molar-refractivity contribution in [2.75, 3.05) is 0 Å². The van der Waals surface area contributed by atoms with E-state index in [-0.39, 0.29) is 5.82 Å². The molecule has 0 N–H and O–H groups in total. The molecule has 0 amide bonds. The Morgan fingerprint density at radius 1 is 0.821 bits per heavy atom. The molecule has 0 saturated heterocycles. The third kappa shape index (κ3) is 2.35. The molecule has 1 aromatic heterocycles. The highest BCUT2D eigenvalue weighted by molar-refractivity contribution is 6.12. The van der Waals surface area contributed by atoms with Crippen LogP contribution in [0, 0.1) is 24.1 Å². The van der Waals surface area contributed by atoms with E-state index in [0.29, 0.717) is 11.1 Å². The molecule has 0 saturated carbocycles. The molecule has 0 aliphatic rings. The van der Waals surface area contributed by atoms with E-state index in [1.807, 2.05) is 54.6 Å². The van der Waals surface area contributed by atoms with Crippen LogP contribution in [0.5, 0.6) is 0 Å². The number of fused-ring (bicyclic) bond motifs is 4. The molecule has 28 heavy (non-hydrogen) atoms. The molecule has 0 atom stereocenters. The molecule has 0 aliphatic heterocycles. The summed E-state index contributed by atoms with van der Waals surface area (Å²) in [5.74, 6) is -0.200. The van der Waals surface area contributed by atoms with Crippen LogP contribution in [-0.4, -0.2) is 4.98 Å². The summed E-state index contributed by atoms with van der Waals surface area (Å²) in [6.07, 6.45) is 1.77. The number of nitrogens with zero attached hydrogens (tertiary/aromatic N) is 2. The number of hydrogen-bond acceptors (Lipinski definition) is 2. The zero-order valence-corrected chi connectivity index (χ0v) is 15.2. The van der Waals surface area contributed by atoms with E-state index < -0.39 is 0 Å². The average molecular weight is 362 g/mol. The van der Waals surface area contributed by atoms with Crippen molar-refractivity contribution < 1.29 is 4.39 Å². The smallest absolute Gasteiger partial charge is 0.126 e. The standard InChI is InChI=1S/C25H15FN2/c1-15-19-6-7-23-22(21(19)8-9-24(15)26)10-11-28-25(23)17-12-16-4-2-3-5-20(16)18(13-17)14-27/h2-13H,1H3. The van der Waals surface area contributed by atoms with Gasteiger partial charge >= 0.3 is 0 Å². The Hall–Kier alpha value is -3.77. The second-order valence-corrected chi connectivity index (χ2v) is 6.94. The van der Waals surface area contributed by atoms with Gasteiger partial charge in [-0.2, -0.15) is 5.26 Å². The molecular formula is C25H15FN2. The lowest BCUT2D eigenvalue weighted by atomic mass is 9.94. The van der Waals surface area contributed by atoms with Gasteiger partial charge in [0.2, 0.25) is 0 Å². The van der Waals surface area contributed by atoms with Crippen LogP contribution in [0.4, 0.5) is 4.39 Å². The van der Waals surface area contributed by atoms with Gasteiger partial charge in [-0.15, -0.1) is 0 Å². The predicted molar refractivity (Wildman–Crippen MR) is 112 cm³/mol. The van der Waals surface area contributed by atoms with Gasteiger partial charge in [0, 0.05) is 17.1 Å². The van der Waals surface area contributed by atoms with Crippen molar-refractivity contribution in [3.8, 4) is 17.3 Å². The second kappa shape index (κ2) is 6.14. The van der Waals surface area contributed by atoms with Crippen LogP contribution in [0.15, 0.2) is 72.9 Å². The molecule has 3 heteroatoms. The molecule has 0 radical (unpaired) electrons. The molecule has 5 rings (SSSR count). The largest absolute Gasteiger partial charge is 0.256 e. The molecule has 0 fully saturated rings. The zero-order valence-electron chi connectivity index (χ0n) is 15.2. The number of rotatable bonds is 1. The molecule has 1 heterocycles. The Morgan fingerprint density at radius 2 is 1.57 bits per heavy atom. The molecule has 0 spiro atoms. The Morgan fingerprint density at radius 3 is 2.43 bits per heavy atom. The topological polar surface area (TPSA) is 36.7 Å². The van der Waals surface area contributed by atoms with E-state index in [9.17, 15) is 9.65 Å². The molecule has 0 bridgehead atoms. The minimum atomic E-state index is -0.200. The Labute approximate surface area is 161 Å². The fourth-order valence-electron chi connectivity index (χ4n) is 3.96. The van der Waals surface area contributed by atoms with Crippen molar-refractivity contribution in [2.24, 2.45) is 0 Å². The number of benzene rings is 4. The molecule has 2 nitrogen and oxygen atoms in total. The quantitative estimate of drug-likeness (QED) is 0.318. The number of halogens is 1. The maximum absolute atomic E-state index is 14.0. The highest BCUT2D eigenvalue weighted by Gasteiger charge is 2.12. The summed E-state index contributed by atoms with van der Waals surface area (Å²) in [5.41, 5.74) is 3.00.